The Morgan fingerprint density at radius 2 is 1.68 bits per heavy atom. The van der Waals surface area contributed by atoms with E-state index in [-0.39, 0.29) is 23.5 Å². The number of benzene rings is 3. The number of carbonyl (C=O) groups excluding carboxylic acids is 2. The van der Waals surface area contributed by atoms with Gasteiger partial charge in [0.05, 0.1) is 11.3 Å². The van der Waals surface area contributed by atoms with E-state index in [0.717, 1.165) is 42.4 Å². The molecule has 5 rings (SSSR count). The minimum Gasteiger partial charge on any atom is -0.407 e. The number of aryl methyl sites for hydroxylation is 1. The molecule has 1 aromatic heterocycles. The Labute approximate surface area is 215 Å². The van der Waals surface area contributed by atoms with E-state index < -0.39 is 5.97 Å². The summed E-state index contributed by atoms with van der Waals surface area (Å²) in [5.41, 5.74) is 5.17. The molecule has 6 nitrogen and oxygen atoms in total. The first-order valence-electron chi connectivity index (χ1n) is 12.4. The lowest BCUT2D eigenvalue weighted by atomic mass is 9.99. The maximum absolute atomic E-state index is 13.7. The maximum atomic E-state index is 13.7. The molecule has 0 unspecified atom stereocenters. The molecule has 1 heterocycles. The van der Waals surface area contributed by atoms with E-state index in [4.69, 9.17) is 9.84 Å². The summed E-state index contributed by atoms with van der Waals surface area (Å²) in [7, 11) is 0. The topological polar surface area (TPSA) is 73.2 Å². The molecular formula is C30H28FN3O3. The van der Waals surface area contributed by atoms with Crippen LogP contribution in [0.3, 0.4) is 0 Å². The Morgan fingerprint density at radius 3 is 2.32 bits per heavy atom. The summed E-state index contributed by atoms with van der Waals surface area (Å²) < 4.78 is 20.9. The number of anilines is 1. The highest BCUT2D eigenvalue weighted by Gasteiger charge is 2.25. The van der Waals surface area contributed by atoms with E-state index in [1.54, 1.807) is 12.1 Å². The van der Waals surface area contributed by atoms with Gasteiger partial charge in [0.2, 0.25) is 11.8 Å². The molecule has 7 heteroatoms. The van der Waals surface area contributed by atoms with Gasteiger partial charge in [0, 0.05) is 24.1 Å². The molecule has 1 aliphatic rings. The van der Waals surface area contributed by atoms with Crippen molar-refractivity contribution in [3.05, 3.63) is 84.2 Å². The van der Waals surface area contributed by atoms with Gasteiger partial charge in [-0.05, 0) is 67.8 Å². The molecule has 1 aliphatic carbocycles. The number of aromatic nitrogens is 2. The van der Waals surface area contributed by atoms with Gasteiger partial charge >= 0.3 is 5.97 Å². The van der Waals surface area contributed by atoms with Crippen LogP contribution in [-0.4, -0.2) is 21.7 Å². The van der Waals surface area contributed by atoms with Gasteiger partial charge in [0.1, 0.15) is 11.5 Å². The molecule has 0 bridgehead atoms. The number of ether oxygens (including phenoxy) is 1. The van der Waals surface area contributed by atoms with Crippen molar-refractivity contribution in [1.82, 2.24) is 9.78 Å². The van der Waals surface area contributed by atoms with Gasteiger partial charge in [0.15, 0.2) is 0 Å². The molecule has 1 amide bonds. The van der Waals surface area contributed by atoms with Crippen LogP contribution < -0.4 is 10.1 Å². The van der Waals surface area contributed by atoms with Crippen LogP contribution in [0.15, 0.2) is 72.8 Å². The second-order valence-corrected chi connectivity index (χ2v) is 9.43. The third-order valence-corrected chi connectivity index (χ3v) is 6.61. The number of halogens is 1. The lowest BCUT2D eigenvalue weighted by Crippen LogP contribution is -2.20. The third kappa shape index (κ3) is 5.31. The van der Waals surface area contributed by atoms with Crippen LogP contribution in [0.4, 0.5) is 10.1 Å². The monoisotopic (exact) mass is 497 g/mol. The van der Waals surface area contributed by atoms with E-state index in [1.807, 2.05) is 55.5 Å². The van der Waals surface area contributed by atoms with Crippen molar-refractivity contribution < 1.29 is 18.7 Å². The number of rotatable bonds is 6. The highest BCUT2D eigenvalue weighted by Crippen LogP contribution is 2.41. The van der Waals surface area contributed by atoms with Crippen molar-refractivity contribution in [2.45, 2.75) is 39.5 Å². The van der Waals surface area contributed by atoms with Gasteiger partial charge in [-0.1, -0.05) is 48.7 Å². The fraction of sp³-hybridized carbons (Fsp3) is 0.233. The summed E-state index contributed by atoms with van der Waals surface area (Å²) >= 11 is 0. The van der Waals surface area contributed by atoms with Crippen molar-refractivity contribution in [1.29, 1.82) is 0 Å². The largest absolute Gasteiger partial charge is 0.407 e. The molecule has 4 aromatic rings. The Bertz CT molecular complexity index is 1440. The SMILES string of the molecule is CC(=O)Oc1c(-c2ccc(NC(=O)C3CCCC3)cc2)c(-c2cccc(C)c2)nn1-c1ccc(F)cc1. The van der Waals surface area contributed by atoms with E-state index in [2.05, 4.69) is 5.32 Å². The van der Waals surface area contributed by atoms with Crippen molar-refractivity contribution in [3.63, 3.8) is 0 Å². The highest BCUT2D eigenvalue weighted by atomic mass is 19.1. The zero-order valence-corrected chi connectivity index (χ0v) is 20.8. The molecule has 0 aliphatic heterocycles. The fourth-order valence-corrected chi connectivity index (χ4v) is 4.80. The van der Waals surface area contributed by atoms with Crippen LogP contribution in [-0.2, 0) is 9.59 Å². The molecule has 1 fully saturated rings. The smallest absolute Gasteiger partial charge is 0.309 e. The standard InChI is InChI=1S/C30H28FN3O3/c1-19-6-5-9-23(18-19)28-27(21-10-14-25(15-11-21)32-29(36)22-7-3-4-8-22)30(37-20(2)35)34(33-28)26-16-12-24(31)13-17-26/h5-6,9-18,22H,3-4,7-8H2,1-2H3,(H,32,36). The molecule has 1 N–H and O–H groups in total. The molecule has 3 aromatic carbocycles. The molecule has 1 saturated carbocycles. The van der Waals surface area contributed by atoms with E-state index in [1.165, 1.54) is 23.7 Å². The molecule has 0 spiro atoms. The van der Waals surface area contributed by atoms with Gasteiger partial charge < -0.3 is 10.1 Å². The second-order valence-electron chi connectivity index (χ2n) is 9.43. The summed E-state index contributed by atoms with van der Waals surface area (Å²) in [5, 5.41) is 7.84. The summed E-state index contributed by atoms with van der Waals surface area (Å²) in [4.78, 5) is 24.8. The first-order valence-corrected chi connectivity index (χ1v) is 12.4. The van der Waals surface area contributed by atoms with Gasteiger partial charge in [-0.15, -0.1) is 0 Å². The van der Waals surface area contributed by atoms with Crippen LogP contribution in [0, 0.1) is 18.7 Å². The Kier molecular flexibility index (Phi) is 6.86. The summed E-state index contributed by atoms with van der Waals surface area (Å²) in [5.74, 6) is -0.522. The summed E-state index contributed by atoms with van der Waals surface area (Å²) in [6.07, 6.45) is 4.04. The zero-order chi connectivity index (χ0) is 25.9. The zero-order valence-electron chi connectivity index (χ0n) is 20.8. The Hall–Kier alpha value is -4.26. The average molecular weight is 498 g/mol. The number of hydrogen-bond acceptors (Lipinski definition) is 4. The number of esters is 1. The molecule has 188 valence electrons. The fourth-order valence-electron chi connectivity index (χ4n) is 4.80. The summed E-state index contributed by atoms with van der Waals surface area (Å²) in [6, 6.07) is 21.2. The quantitative estimate of drug-likeness (QED) is 0.301. The van der Waals surface area contributed by atoms with Crippen LogP contribution >= 0.6 is 0 Å². The Balaban J connectivity index is 1.61. The number of hydrogen-bond donors (Lipinski definition) is 1. The van der Waals surface area contributed by atoms with Crippen molar-refractivity contribution in [2.24, 2.45) is 5.92 Å². The second kappa shape index (κ2) is 10.4. The average Bonchev–Trinajstić information content (AvgIpc) is 3.54. The molecular weight excluding hydrogens is 469 g/mol. The van der Waals surface area contributed by atoms with Gasteiger partial charge in [-0.25, -0.2) is 4.39 Å². The number of nitrogens with zero attached hydrogens (tertiary/aromatic N) is 2. The van der Waals surface area contributed by atoms with Crippen molar-refractivity contribution >= 4 is 17.6 Å². The summed E-state index contributed by atoms with van der Waals surface area (Å²) in [6.45, 7) is 3.33. The van der Waals surface area contributed by atoms with Crippen molar-refractivity contribution in [3.8, 4) is 34.0 Å². The molecule has 0 radical (unpaired) electrons. The predicted molar refractivity (Wildman–Crippen MR) is 141 cm³/mol. The minimum atomic E-state index is -0.499. The van der Waals surface area contributed by atoms with Gasteiger partial charge in [-0.3, -0.25) is 9.59 Å². The highest BCUT2D eigenvalue weighted by molar-refractivity contribution is 5.93. The van der Waals surface area contributed by atoms with E-state index in [9.17, 15) is 14.0 Å². The van der Waals surface area contributed by atoms with Crippen molar-refractivity contribution in [2.75, 3.05) is 5.32 Å². The van der Waals surface area contributed by atoms with Gasteiger partial charge in [-0.2, -0.15) is 9.78 Å². The lowest BCUT2D eigenvalue weighted by Gasteiger charge is -2.12. The van der Waals surface area contributed by atoms with Crippen LogP contribution in [0.25, 0.3) is 28.1 Å². The van der Waals surface area contributed by atoms with Gasteiger partial charge in [0.25, 0.3) is 0 Å². The molecule has 37 heavy (non-hydrogen) atoms. The Morgan fingerprint density at radius 1 is 0.973 bits per heavy atom. The number of nitrogens with one attached hydrogen (secondary N) is 1. The number of carbonyl (C=O) groups is 2. The van der Waals surface area contributed by atoms with E-state index in [0.29, 0.717) is 22.6 Å². The molecule has 0 atom stereocenters. The number of amides is 1. The first-order chi connectivity index (χ1) is 17.9. The van der Waals surface area contributed by atoms with Crippen LogP contribution in [0.2, 0.25) is 0 Å². The minimum absolute atomic E-state index is 0.0513. The maximum Gasteiger partial charge on any atom is 0.309 e. The first kappa shape index (κ1) is 24.4. The van der Waals surface area contributed by atoms with Crippen LogP contribution in [0.5, 0.6) is 5.88 Å². The van der Waals surface area contributed by atoms with E-state index >= 15 is 0 Å². The normalized spacial score (nSPS) is 13.5. The lowest BCUT2D eigenvalue weighted by molar-refractivity contribution is -0.132. The third-order valence-electron chi connectivity index (χ3n) is 6.61. The van der Waals surface area contributed by atoms with Crippen LogP contribution in [0.1, 0.15) is 38.2 Å². The molecule has 0 saturated heterocycles. The predicted octanol–water partition coefficient (Wildman–Crippen LogP) is 6.71.